The van der Waals surface area contributed by atoms with Crippen molar-refractivity contribution in [2.45, 2.75) is 24.3 Å². The quantitative estimate of drug-likeness (QED) is 0.785. The molecule has 0 radical (unpaired) electrons. The van der Waals surface area contributed by atoms with Crippen LogP contribution in [-0.4, -0.2) is 22.8 Å². The Hall–Kier alpha value is -1.26. The lowest BCUT2D eigenvalue weighted by molar-refractivity contribution is 0.539. The van der Waals surface area contributed by atoms with Gasteiger partial charge in [0.05, 0.1) is 0 Å². The van der Waals surface area contributed by atoms with Crippen molar-refractivity contribution in [2.75, 3.05) is 12.8 Å². The number of H-pyrrole nitrogens is 1. The first kappa shape index (κ1) is 13.2. The molecular formula is C14H19N3S. The van der Waals surface area contributed by atoms with Crippen LogP contribution in [-0.2, 0) is 6.42 Å². The van der Waals surface area contributed by atoms with Crippen LogP contribution in [0.4, 0.5) is 0 Å². The Morgan fingerprint density at radius 1 is 1.33 bits per heavy atom. The maximum Gasteiger partial charge on any atom is 0.107 e. The van der Waals surface area contributed by atoms with E-state index in [9.17, 15) is 0 Å². The molecule has 1 atom stereocenters. The van der Waals surface area contributed by atoms with Crippen LogP contribution in [0.3, 0.4) is 0 Å². The number of aromatic amines is 1. The van der Waals surface area contributed by atoms with Crippen LogP contribution in [0.5, 0.6) is 0 Å². The van der Waals surface area contributed by atoms with Crippen LogP contribution in [0.1, 0.15) is 24.4 Å². The van der Waals surface area contributed by atoms with Gasteiger partial charge in [-0.2, -0.15) is 0 Å². The maximum absolute atomic E-state index is 4.30. The molecule has 0 saturated carbocycles. The third kappa shape index (κ3) is 3.37. The zero-order valence-electron chi connectivity index (χ0n) is 10.8. The molecule has 0 bridgehead atoms. The van der Waals surface area contributed by atoms with Crippen LogP contribution in [0.25, 0.3) is 0 Å². The van der Waals surface area contributed by atoms with Gasteiger partial charge in [-0.25, -0.2) is 4.98 Å². The van der Waals surface area contributed by atoms with Gasteiger partial charge in [0.25, 0.3) is 0 Å². The Kier molecular flexibility index (Phi) is 4.84. The molecule has 0 fully saturated rings. The fraction of sp³-hybridized carbons (Fsp3) is 0.357. The lowest BCUT2D eigenvalue weighted by Gasteiger charge is -2.17. The van der Waals surface area contributed by atoms with E-state index < -0.39 is 0 Å². The fourth-order valence-electron chi connectivity index (χ4n) is 1.99. The topological polar surface area (TPSA) is 40.7 Å². The van der Waals surface area contributed by atoms with Crippen LogP contribution >= 0.6 is 11.8 Å². The van der Waals surface area contributed by atoms with Gasteiger partial charge in [-0.1, -0.05) is 19.1 Å². The molecular weight excluding hydrogens is 242 g/mol. The van der Waals surface area contributed by atoms with E-state index in [0.29, 0.717) is 6.04 Å². The lowest BCUT2D eigenvalue weighted by Crippen LogP contribution is -2.23. The van der Waals surface area contributed by atoms with Crippen molar-refractivity contribution in [1.82, 2.24) is 15.3 Å². The maximum atomic E-state index is 4.30. The molecule has 2 aromatic rings. The minimum atomic E-state index is 0.317. The third-order valence-electron chi connectivity index (χ3n) is 2.92. The number of imidazole rings is 1. The molecule has 2 rings (SSSR count). The SMILES string of the molecule is CCNC(Cc1ncc[nH]1)c1ccc(SC)cc1. The number of nitrogens with one attached hydrogen (secondary N) is 2. The Morgan fingerprint density at radius 2 is 2.11 bits per heavy atom. The minimum Gasteiger partial charge on any atom is -0.349 e. The number of aromatic nitrogens is 2. The normalized spacial score (nSPS) is 12.6. The summed E-state index contributed by atoms with van der Waals surface area (Å²) in [5.74, 6) is 1.02. The van der Waals surface area contributed by atoms with E-state index in [-0.39, 0.29) is 0 Å². The number of likely N-dealkylation sites (N-methyl/N-ethyl adjacent to an activating group) is 1. The summed E-state index contributed by atoms with van der Waals surface area (Å²) in [4.78, 5) is 8.76. The summed E-state index contributed by atoms with van der Waals surface area (Å²) in [6.07, 6.45) is 6.66. The largest absolute Gasteiger partial charge is 0.349 e. The van der Waals surface area contributed by atoms with Crippen molar-refractivity contribution >= 4 is 11.8 Å². The standard InChI is InChI=1S/C14H19N3S/c1-3-15-13(10-14-16-8-9-17-14)11-4-6-12(18-2)7-5-11/h4-9,13,15H,3,10H2,1-2H3,(H,16,17). The van der Waals surface area contributed by atoms with E-state index in [2.05, 4.69) is 52.7 Å². The average molecular weight is 261 g/mol. The van der Waals surface area contributed by atoms with Crippen molar-refractivity contribution in [3.8, 4) is 0 Å². The number of rotatable bonds is 6. The molecule has 18 heavy (non-hydrogen) atoms. The molecule has 0 aliphatic rings. The van der Waals surface area contributed by atoms with Gasteiger partial charge in [0.15, 0.2) is 0 Å². The molecule has 4 heteroatoms. The highest BCUT2D eigenvalue weighted by atomic mass is 32.2. The second-order valence-electron chi connectivity index (χ2n) is 4.12. The van der Waals surface area contributed by atoms with E-state index in [1.807, 2.05) is 6.20 Å². The van der Waals surface area contributed by atoms with Gasteiger partial charge < -0.3 is 10.3 Å². The fourth-order valence-corrected chi connectivity index (χ4v) is 2.40. The molecule has 1 unspecified atom stereocenters. The van der Waals surface area contributed by atoms with Crippen LogP contribution in [0.15, 0.2) is 41.6 Å². The van der Waals surface area contributed by atoms with E-state index in [1.54, 1.807) is 18.0 Å². The van der Waals surface area contributed by atoms with Crippen molar-refractivity contribution in [2.24, 2.45) is 0 Å². The molecule has 1 aromatic heterocycles. The molecule has 3 nitrogen and oxygen atoms in total. The van der Waals surface area contributed by atoms with Gasteiger partial charge in [-0.05, 0) is 30.5 Å². The van der Waals surface area contributed by atoms with Crippen LogP contribution in [0.2, 0.25) is 0 Å². The zero-order valence-corrected chi connectivity index (χ0v) is 11.6. The van der Waals surface area contributed by atoms with Crippen molar-refractivity contribution in [3.63, 3.8) is 0 Å². The highest BCUT2D eigenvalue weighted by Crippen LogP contribution is 2.21. The summed E-state index contributed by atoms with van der Waals surface area (Å²) in [5.41, 5.74) is 1.31. The van der Waals surface area contributed by atoms with E-state index in [1.165, 1.54) is 10.5 Å². The smallest absolute Gasteiger partial charge is 0.107 e. The number of hydrogen-bond donors (Lipinski definition) is 2. The molecule has 96 valence electrons. The number of hydrogen-bond acceptors (Lipinski definition) is 3. The number of nitrogens with zero attached hydrogens (tertiary/aromatic N) is 1. The second-order valence-corrected chi connectivity index (χ2v) is 5.00. The minimum absolute atomic E-state index is 0.317. The lowest BCUT2D eigenvalue weighted by atomic mass is 10.0. The summed E-state index contributed by atoms with van der Waals surface area (Å²) in [7, 11) is 0. The predicted octanol–water partition coefficient (Wildman–Crippen LogP) is 3.02. The summed E-state index contributed by atoms with van der Waals surface area (Å²) in [6, 6.07) is 9.06. The van der Waals surface area contributed by atoms with Gasteiger partial charge in [0, 0.05) is 29.8 Å². The van der Waals surface area contributed by atoms with Crippen molar-refractivity contribution < 1.29 is 0 Å². The summed E-state index contributed by atoms with van der Waals surface area (Å²) >= 11 is 1.77. The first-order chi connectivity index (χ1) is 8.83. The van der Waals surface area contributed by atoms with Gasteiger partial charge in [-0.3, -0.25) is 0 Å². The van der Waals surface area contributed by atoms with Gasteiger partial charge in [-0.15, -0.1) is 11.8 Å². The molecule has 0 amide bonds. The Labute approximate surface area is 112 Å². The Bertz CT molecular complexity index is 450. The zero-order chi connectivity index (χ0) is 12.8. The predicted molar refractivity (Wildman–Crippen MR) is 76.9 cm³/mol. The highest BCUT2D eigenvalue weighted by molar-refractivity contribution is 7.98. The summed E-state index contributed by atoms with van der Waals surface area (Å²) in [5, 5.41) is 3.51. The first-order valence-corrected chi connectivity index (χ1v) is 7.41. The van der Waals surface area contributed by atoms with E-state index in [0.717, 1.165) is 18.8 Å². The summed E-state index contributed by atoms with van der Waals surface area (Å²) in [6.45, 7) is 3.08. The van der Waals surface area contributed by atoms with E-state index in [4.69, 9.17) is 0 Å². The van der Waals surface area contributed by atoms with Gasteiger partial charge >= 0.3 is 0 Å². The number of thioether (sulfide) groups is 1. The molecule has 1 aromatic carbocycles. The molecule has 0 spiro atoms. The molecule has 2 N–H and O–H groups in total. The monoisotopic (exact) mass is 261 g/mol. The molecule has 0 aliphatic carbocycles. The first-order valence-electron chi connectivity index (χ1n) is 6.19. The number of benzene rings is 1. The second kappa shape index (κ2) is 6.61. The average Bonchev–Trinajstić information content (AvgIpc) is 2.91. The van der Waals surface area contributed by atoms with Crippen molar-refractivity contribution in [1.29, 1.82) is 0 Å². The van der Waals surface area contributed by atoms with Gasteiger partial charge in [0.2, 0.25) is 0 Å². The van der Waals surface area contributed by atoms with Gasteiger partial charge in [0.1, 0.15) is 5.82 Å². The Morgan fingerprint density at radius 3 is 2.67 bits per heavy atom. The van der Waals surface area contributed by atoms with Crippen molar-refractivity contribution in [3.05, 3.63) is 48.0 Å². The molecule has 1 heterocycles. The van der Waals surface area contributed by atoms with E-state index >= 15 is 0 Å². The highest BCUT2D eigenvalue weighted by Gasteiger charge is 2.12. The Balaban J connectivity index is 2.12. The molecule has 0 saturated heterocycles. The van der Waals surface area contributed by atoms with Crippen LogP contribution < -0.4 is 5.32 Å². The third-order valence-corrected chi connectivity index (χ3v) is 3.66. The van der Waals surface area contributed by atoms with Crippen LogP contribution in [0, 0.1) is 0 Å². The molecule has 0 aliphatic heterocycles. The summed E-state index contributed by atoms with van der Waals surface area (Å²) < 4.78 is 0.